The highest BCUT2D eigenvalue weighted by Crippen LogP contribution is 2.34. The Morgan fingerprint density at radius 1 is 1.32 bits per heavy atom. The van der Waals surface area contributed by atoms with E-state index in [0.29, 0.717) is 12.0 Å². The Bertz CT molecular complexity index is 934. The van der Waals surface area contributed by atoms with E-state index >= 15 is 0 Å². The molecule has 0 bridgehead atoms. The number of piperidine rings is 1. The van der Waals surface area contributed by atoms with Crippen LogP contribution in [0.1, 0.15) is 42.9 Å². The maximum atomic E-state index is 13.6. The van der Waals surface area contributed by atoms with Crippen molar-refractivity contribution in [2.45, 2.75) is 38.4 Å². The normalized spacial score (nSPS) is 21.5. The highest BCUT2D eigenvalue weighted by Gasteiger charge is 2.33. The Balaban J connectivity index is 1.98. The molecule has 0 amide bonds. The van der Waals surface area contributed by atoms with Crippen LogP contribution in [0.4, 0.5) is 22.0 Å². The molecule has 2 aliphatic heterocycles. The van der Waals surface area contributed by atoms with Crippen LogP contribution in [-0.4, -0.2) is 48.5 Å². The number of alkyl halides is 5. The first-order valence-electron chi connectivity index (χ1n) is 9.69. The summed E-state index contributed by atoms with van der Waals surface area (Å²) in [6.45, 7) is 3.26. The van der Waals surface area contributed by atoms with Crippen LogP contribution in [0.5, 0.6) is 0 Å². The van der Waals surface area contributed by atoms with Gasteiger partial charge in [-0.15, -0.1) is 10.2 Å². The summed E-state index contributed by atoms with van der Waals surface area (Å²) < 4.78 is 66.2. The number of likely N-dealkylation sites (tertiary alicyclic amines) is 1. The van der Waals surface area contributed by atoms with Gasteiger partial charge in [0.05, 0.1) is 11.3 Å². The van der Waals surface area contributed by atoms with Gasteiger partial charge in [0.1, 0.15) is 5.71 Å². The molecule has 1 aromatic carbocycles. The van der Waals surface area contributed by atoms with Gasteiger partial charge in [0, 0.05) is 29.4 Å². The van der Waals surface area contributed by atoms with Crippen LogP contribution in [0.3, 0.4) is 0 Å². The first kappa shape index (κ1) is 22.9. The van der Waals surface area contributed by atoms with Gasteiger partial charge in [0.25, 0.3) is 6.43 Å². The fourth-order valence-electron chi connectivity index (χ4n) is 3.56. The number of halogens is 5. The summed E-state index contributed by atoms with van der Waals surface area (Å²) in [5.41, 5.74) is -1.89. The number of benzene rings is 1. The summed E-state index contributed by atoms with van der Waals surface area (Å²) in [5.74, 6) is 0.294. The summed E-state index contributed by atoms with van der Waals surface area (Å²) in [4.78, 5) is 2.16. The second-order valence-corrected chi connectivity index (χ2v) is 7.61. The fraction of sp³-hybridized carbons (Fsp3) is 0.450. The molecule has 0 spiro atoms. The number of allylic oxidation sites excluding steroid dienone is 2. The second-order valence-electron chi connectivity index (χ2n) is 7.61. The fourth-order valence-corrected chi connectivity index (χ4v) is 3.56. The van der Waals surface area contributed by atoms with Gasteiger partial charge in [-0.25, -0.2) is 8.78 Å². The van der Waals surface area contributed by atoms with E-state index in [9.17, 15) is 22.0 Å². The van der Waals surface area contributed by atoms with E-state index in [2.05, 4.69) is 25.7 Å². The number of hydrogen-bond donors (Lipinski definition) is 3. The summed E-state index contributed by atoms with van der Waals surface area (Å²) >= 11 is 0. The molecule has 3 rings (SSSR count). The van der Waals surface area contributed by atoms with Crippen LogP contribution in [-0.2, 0) is 6.18 Å². The maximum Gasteiger partial charge on any atom is 0.416 e. The number of nitrogens with one attached hydrogen (secondary N) is 3. The van der Waals surface area contributed by atoms with Crippen molar-refractivity contribution in [2.75, 3.05) is 20.1 Å². The molecule has 0 saturated carbocycles. The number of rotatable bonds is 4. The first-order valence-corrected chi connectivity index (χ1v) is 9.69. The molecule has 0 aliphatic carbocycles. The molecule has 3 N–H and O–H groups in total. The van der Waals surface area contributed by atoms with Gasteiger partial charge in [-0.2, -0.15) is 13.2 Å². The van der Waals surface area contributed by atoms with Crippen LogP contribution in [0.25, 0.3) is 0 Å². The standard InChI is InChI=1S/C20H23F5N6/c1-11(26)8-16-17(14-6-5-12(20(23,24)25)9-15(14)18(21)22)29-30-19(28-16)27-13-4-3-7-31(2)10-13/h5-6,8-9,13,18,26H,3-4,7,10H2,1-2H3,(H2,27,28,30)/b16-8-,26-11?/t13-/m0/s1. The van der Waals surface area contributed by atoms with Gasteiger partial charge in [-0.05, 0) is 51.6 Å². The van der Waals surface area contributed by atoms with Gasteiger partial charge in [0.15, 0.2) is 0 Å². The number of likely N-dealkylation sites (N-methyl/N-ethyl adjacent to an activating group) is 1. The Hall–Kier alpha value is -2.82. The number of guanidine groups is 1. The molecule has 1 fully saturated rings. The summed E-state index contributed by atoms with van der Waals surface area (Å²) in [6.07, 6.45) is -4.61. The van der Waals surface area contributed by atoms with Crippen molar-refractivity contribution in [2.24, 2.45) is 10.2 Å². The predicted octanol–water partition coefficient (Wildman–Crippen LogP) is 3.91. The van der Waals surface area contributed by atoms with Gasteiger partial charge in [0.2, 0.25) is 5.96 Å². The molecule has 6 nitrogen and oxygen atoms in total. The minimum absolute atomic E-state index is 0.0538. The highest BCUT2D eigenvalue weighted by molar-refractivity contribution is 6.18. The zero-order valence-electron chi connectivity index (χ0n) is 17.0. The molecule has 0 unspecified atom stereocenters. The lowest BCUT2D eigenvalue weighted by Crippen LogP contribution is -2.51. The molecule has 1 aromatic rings. The molecule has 168 valence electrons. The Morgan fingerprint density at radius 2 is 2.06 bits per heavy atom. The Kier molecular flexibility index (Phi) is 6.73. The van der Waals surface area contributed by atoms with Crippen LogP contribution in [0.2, 0.25) is 0 Å². The Labute approximate surface area is 176 Å². The average molecular weight is 442 g/mol. The van der Waals surface area contributed by atoms with Crippen molar-refractivity contribution < 1.29 is 22.0 Å². The molecule has 31 heavy (non-hydrogen) atoms. The minimum Gasteiger partial charge on any atom is -0.350 e. The summed E-state index contributed by atoms with van der Waals surface area (Å²) in [5, 5.41) is 22.0. The summed E-state index contributed by atoms with van der Waals surface area (Å²) in [7, 11) is 2.00. The van der Waals surface area contributed by atoms with Gasteiger partial charge < -0.3 is 20.9 Å². The van der Waals surface area contributed by atoms with Crippen LogP contribution < -0.4 is 10.6 Å². The van der Waals surface area contributed by atoms with Crippen molar-refractivity contribution >= 4 is 17.4 Å². The molecule has 2 aliphatic rings. The monoisotopic (exact) mass is 442 g/mol. The van der Waals surface area contributed by atoms with Crippen LogP contribution in [0, 0.1) is 5.41 Å². The summed E-state index contributed by atoms with van der Waals surface area (Å²) in [6, 6.07) is 2.22. The first-order chi connectivity index (χ1) is 14.5. The molecular weight excluding hydrogens is 419 g/mol. The van der Waals surface area contributed by atoms with Crippen molar-refractivity contribution in [1.82, 2.24) is 15.5 Å². The lowest BCUT2D eigenvalue weighted by molar-refractivity contribution is -0.137. The predicted molar refractivity (Wildman–Crippen MR) is 109 cm³/mol. The molecule has 1 saturated heterocycles. The Morgan fingerprint density at radius 3 is 2.68 bits per heavy atom. The topological polar surface area (TPSA) is 75.9 Å². The van der Waals surface area contributed by atoms with E-state index in [1.54, 1.807) is 0 Å². The molecule has 0 aromatic heterocycles. The van der Waals surface area contributed by atoms with Crippen molar-refractivity contribution in [3.05, 3.63) is 46.7 Å². The number of nitrogens with zero attached hydrogens (tertiary/aromatic N) is 3. The van der Waals surface area contributed by atoms with Gasteiger partial charge >= 0.3 is 6.18 Å². The maximum absolute atomic E-state index is 13.6. The quantitative estimate of drug-likeness (QED) is 0.489. The van der Waals surface area contributed by atoms with Crippen LogP contribution >= 0.6 is 0 Å². The molecule has 0 radical (unpaired) electrons. The van der Waals surface area contributed by atoms with Gasteiger partial charge in [-0.1, -0.05) is 6.07 Å². The van der Waals surface area contributed by atoms with E-state index in [-0.39, 0.29) is 28.7 Å². The zero-order valence-corrected chi connectivity index (χ0v) is 17.0. The molecule has 2 heterocycles. The van der Waals surface area contributed by atoms with Crippen LogP contribution in [0.15, 0.2) is 40.2 Å². The lowest BCUT2D eigenvalue weighted by atomic mass is 9.97. The van der Waals surface area contributed by atoms with E-state index in [1.807, 2.05) is 7.05 Å². The largest absolute Gasteiger partial charge is 0.416 e. The average Bonchev–Trinajstić information content (AvgIpc) is 2.66. The van der Waals surface area contributed by atoms with E-state index in [4.69, 9.17) is 5.41 Å². The third-order valence-electron chi connectivity index (χ3n) is 4.95. The second kappa shape index (κ2) is 9.13. The molecule has 11 heteroatoms. The van der Waals surface area contributed by atoms with Crippen molar-refractivity contribution in [3.8, 4) is 0 Å². The van der Waals surface area contributed by atoms with Crippen molar-refractivity contribution in [1.29, 1.82) is 5.41 Å². The minimum atomic E-state index is -4.75. The third-order valence-corrected chi connectivity index (χ3v) is 4.95. The third kappa shape index (κ3) is 5.66. The van der Waals surface area contributed by atoms with Gasteiger partial charge in [-0.3, -0.25) is 0 Å². The SMILES string of the molecule is CC(=N)/C=C1\NC(N[C@H]2CCCN(C)C2)=NN=C1c1ccc(C(F)(F)F)cc1C(F)F. The molecule has 1 atom stereocenters. The highest BCUT2D eigenvalue weighted by atomic mass is 19.4. The van der Waals surface area contributed by atoms with E-state index in [0.717, 1.165) is 38.1 Å². The lowest BCUT2D eigenvalue weighted by Gasteiger charge is -2.32. The van der Waals surface area contributed by atoms with E-state index < -0.39 is 23.7 Å². The smallest absolute Gasteiger partial charge is 0.350 e. The van der Waals surface area contributed by atoms with E-state index in [1.165, 1.54) is 13.0 Å². The zero-order chi connectivity index (χ0) is 22.8. The molecular formula is C20H23F5N6. The van der Waals surface area contributed by atoms with Crippen molar-refractivity contribution in [3.63, 3.8) is 0 Å². The number of hydrogen-bond acceptors (Lipinski definition) is 6.